The van der Waals surface area contributed by atoms with Gasteiger partial charge >= 0.3 is 0 Å². The predicted octanol–water partition coefficient (Wildman–Crippen LogP) is 0.991. The minimum absolute atomic E-state index is 0.0283. The average Bonchev–Trinajstić information content (AvgIpc) is 2.50. The van der Waals surface area contributed by atoms with Crippen molar-refractivity contribution in [2.24, 2.45) is 0 Å². The Morgan fingerprint density at radius 2 is 1.95 bits per heavy atom. The van der Waals surface area contributed by atoms with Gasteiger partial charge in [0.2, 0.25) is 5.91 Å². The summed E-state index contributed by atoms with van der Waals surface area (Å²) in [5.41, 5.74) is 1.30. The first-order valence-corrected chi connectivity index (χ1v) is 7.72. The molecule has 0 bridgehead atoms. The molecule has 0 aromatic heterocycles. The van der Waals surface area contributed by atoms with E-state index in [1.807, 2.05) is 36.4 Å². The van der Waals surface area contributed by atoms with Gasteiger partial charge in [0.05, 0.1) is 6.10 Å². The van der Waals surface area contributed by atoms with Crippen LogP contribution in [-0.2, 0) is 4.79 Å². The summed E-state index contributed by atoms with van der Waals surface area (Å²) in [7, 11) is 0. The summed E-state index contributed by atoms with van der Waals surface area (Å²) in [6, 6.07) is 7.75. The van der Waals surface area contributed by atoms with Gasteiger partial charge in [-0.05, 0) is 23.8 Å². The Kier molecular flexibility index (Phi) is 5.90. The molecule has 2 rings (SSSR count). The van der Waals surface area contributed by atoms with E-state index in [0.717, 1.165) is 10.0 Å². The van der Waals surface area contributed by atoms with Gasteiger partial charge in [0.15, 0.2) is 0 Å². The van der Waals surface area contributed by atoms with E-state index in [2.05, 4.69) is 21.2 Å². The van der Waals surface area contributed by atoms with Crippen molar-refractivity contribution in [3.8, 4) is 0 Å². The molecule has 4 N–H and O–H groups in total. The fraction of sp³-hybridized carbons (Fsp3) is 0.312. The first-order valence-electron chi connectivity index (χ1n) is 6.92. The van der Waals surface area contributed by atoms with Gasteiger partial charge < -0.3 is 20.6 Å². The van der Waals surface area contributed by atoms with E-state index in [1.165, 1.54) is 6.08 Å². The number of amides is 1. The third kappa shape index (κ3) is 4.51. The number of benzene rings is 1. The number of carbonyl (C=O) groups is 1. The van der Waals surface area contributed by atoms with E-state index in [4.69, 9.17) is 0 Å². The first kappa shape index (κ1) is 16.9. The molecule has 3 atom stereocenters. The van der Waals surface area contributed by atoms with Crippen molar-refractivity contribution in [1.29, 1.82) is 0 Å². The maximum absolute atomic E-state index is 11.9. The molecule has 0 spiro atoms. The Morgan fingerprint density at radius 3 is 2.59 bits per heavy atom. The maximum Gasteiger partial charge on any atom is 0.247 e. The van der Waals surface area contributed by atoms with Crippen LogP contribution in [-0.4, -0.2) is 46.1 Å². The molecule has 1 aromatic rings. The van der Waals surface area contributed by atoms with Crippen molar-refractivity contribution in [3.63, 3.8) is 0 Å². The molecule has 0 radical (unpaired) electrons. The standard InChI is InChI=1S/C16H18BrNO4/c17-12-5-3-10(4-6-12)2-1-7-18-16(22)11-8-13(19)15(21)14(20)9-11/h1-6,8,13-15,19-21H,7,9H2,(H,18,22)/b2-1+/t13-,14-,15-/m1/s1. The molecule has 22 heavy (non-hydrogen) atoms. The first-order chi connectivity index (χ1) is 10.5. The molecule has 1 aliphatic carbocycles. The van der Waals surface area contributed by atoms with Crippen LogP contribution >= 0.6 is 15.9 Å². The molecule has 0 fully saturated rings. The van der Waals surface area contributed by atoms with Gasteiger partial charge in [-0.2, -0.15) is 0 Å². The van der Waals surface area contributed by atoms with Crippen LogP contribution in [0.25, 0.3) is 6.08 Å². The summed E-state index contributed by atoms with van der Waals surface area (Å²) in [5, 5.41) is 31.2. The predicted molar refractivity (Wildman–Crippen MR) is 86.9 cm³/mol. The SMILES string of the molecule is O=C(NC/C=C/c1ccc(Br)cc1)C1=C[C@@H](O)[C@@H](O)[C@H](O)C1. The largest absolute Gasteiger partial charge is 0.390 e. The lowest BCUT2D eigenvalue weighted by atomic mass is 9.92. The number of aliphatic hydroxyl groups is 3. The second kappa shape index (κ2) is 7.69. The molecule has 0 unspecified atom stereocenters. The topological polar surface area (TPSA) is 89.8 Å². The lowest BCUT2D eigenvalue weighted by molar-refractivity contribution is -0.118. The summed E-state index contributed by atoms with van der Waals surface area (Å²) in [6.07, 6.45) is 1.42. The molecular formula is C16H18BrNO4. The monoisotopic (exact) mass is 367 g/mol. The Labute approximate surface area is 137 Å². The Hall–Kier alpha value is -1.47. The van der Waals surface area contributed by atoms with Crippen molar-refractivity contribution in [1.82, 2.24) is 5.32 Å². The van der Waals surface area contributed by atoms with Crippen LogP contribution < -0.4 is 5.32 Å². The van der Waals surface area contributed by atoms with Crippen molar-refractivity contribution in [2.75, 3.05) is 6.54 Å². The second-order valence-corrected chi connectivity index (χ2v) is 6.02. The number of hydrogen-bond acceptors (Lipinski definition) is 4. The van der Waals surface area contributed by atoms with E-state index < -0.39 is 18.3 Å². The fourth-order valence-corrected chi connectivity index (χ4v) is 2.41. The molecule has 0 saturated carbocycles. The van der Waals surface area contributed by atoms with Crippen molar-refractivity contribution in [3.05, 3.63) is 52.0 Å². The average molecular weight is 368 g/mol. The number of nitrogens with one attached hydrogen (secondary N) is 1. The van der Waals surface area contributed by atoms with Crippen molar-refractivity contribution < 1.29 is 20.1 Å². The molecule has 5 nitrogen and oxygen atoms in total. The van der Waals surface area contributed by atoms with E-state index in [9.17, 15) is 20.1 Å². The van der Waals surface area contributed by atoms with Gasteiger partial charge in [-0.15, -0.1) is 0 Å². The number of rotatable bonds is 4. The zero-order valence-corrected chi connectivity index (χ0v) is 13.4. The van der Waals surface area contributed by atoms with Gasteiger partial charge in [-0.25, -0.2) is 0 Å². The van der Waals surface area contributed by atoms with Crippen LogP contribution in [0.4, 0.5) is 0 Å². The van der Waals surface area contributed by atoms with Crippen molar-refractivity contribution in [2.45, 2.75) is 24.7 Å². The molecule has 1 aromatic carbocycles. The molecule has 1 amide bonds. The van der Waals surface area contributed by atoms with Crippen LogP contribution in [0.15, 0.2) is 46.5 Å². The van der Waals surface area contributed by atoms with Crippen LogP contribution in [0, 0.1) is 0 Å². The summed E-state index contributed by atoms with van der Waals surface area (Å²) in [6.45, 7) is 0.334. The van der Waals surface area contributed by atoms with Crippen LogP contribution in [0.2, 0.25) is 0 Å². The highest BCUT2D eigenvalue weighted by Gasteiger charge is 2.31. The molecule has 6 heteroatoms. The Bertz CT molecular complexity index is 582. The third-order valence-electron chi connectivity index (χ3n) is 3.40. The molecule has 0 aliphatic heterocycles. The molecule has 0 saturated heterocycles. The van der Waals surface area contributed by atoms with Gasteiger partial charge in [0, 0.05) is 23.0 Å². The third-order valence-corrected chi connectivity index (χ3v) is 3.93. The van der Waals surface area contributed by atoms with Gasteiger partial charge in [0.1, 0.15) is 12.2 Å². The number of carbonyl (C=O) groups excluding carboxylic acids is 1. The zero-order valence-electron chi connectivity index (χ0n) is 11.8. The number of hydrogen-bond donors (Lipinski definition) is 4. The highest BCUT2D eigenvalue weighted by molar-refractivity contribution is 9.10. The van der Waals surface area contributed by atoms with Gasteiger partial charge in [-0.3, -0.25) is 4.79 Å². The molecule has 118 valence electrons. The number of aliphatic hydroxyl groups excluding tert-OH is 3. The smallest absolute Gasteiger partial charge is 0.247 e. The van der Waals surface area contributed by atoms with Crippen molar-refractivity contribution >= 4 is 27.9 Å². The maximum atomic E-state index is 11.9. The summed E-state index contributed by atoms with van der Waals surface area (Å²) in [4.78, 5) is 11.9. The van der Waals surface area contributed by atoms with Crippen LogP contribution in [0.3, 0.4) is 0 Å². The van der Waals surface area contributed by atoms with Gasteiger partial charge in [-0.1, -0.05) is 40.2 Å². The minimum Gasteiger partial charge on any atom is -0.390 e. The molecule has 0 heterocycles. The highest BCUT2D eigenvalue weighted by atomic mass is 79.9. The lowest BCUT2D eigenvalue weighted by Crippen LogP contribution is -2.42. The fourth-order valence-electron chi connectivity index (χ4n) is 2.15. The Morgan fingerprint density at radius 1 is 1.27 bits per heavy atom. The van der Waals surface area contributed by atoms with Gasteiger partial charge in [0.25, 0.3) is 0 Å². The Balaban J connectivity index is 1.85. The van der Waals surface area contributed by atoms with E-state index >= 15 is 0 Å². The van der Waals surface area contributed by atoms with E-state index in [-0.39, 0.29) is 17.9 Å². The quantitative estimate of drug-likeness (QED) is 0.638. The minimum atomic E-state index is -1.24. The summed E-state index contributed by atoms with van der Waals surface area (Å²) < 4.78 is 1.00. The van der Waals surface area contributed by atoms with Crippen LogP contribution in [0.1, 0.15) is 12.0 Å². The number of halogens is 1. The second-order valence-electron chi connectivity index (χ2n) is 5.11. The highest BCUT2D eigenvalue weighted by Crippen LogP contribution is 2.19. The molecule has 1 aliphatic rings. The van der Waals surface area contributed by atoms with E-state index in [1.54, 1.807) is 0 Å². The normalized spacial score (nSPS) is 25.1. The molecular weight excluding hydrogens is 350 g/mol. The lowest BCUT2D eigenvalue weighted by Gasteiger charge is -2.27. The van der Waals surface area contributed by atoms with Crippen LogP contribution in [0.5, 0.6) is 0 Å². The van der Waals surface area contributed by atoms with E-state index in [0.29, 0.717) is 6.54 Å². The zero-order chi connectivity index (χ0) is 16.1. The summed E-state index contributed by atoms with van der Waals surface area (Å²) in [5.74, 6) is -0.356. The summed E-state index contributed by atoms with van der Waals surface area (Å²) >= 11 is 3.36.